The second-order valence-corrected chi connectivity index (χ2v) is 10.8. The predicted molar refractivity (Wildman–Crippen MR) is 125 cm³/mol. The smallest absolute Gasteiger partial charge is 0.235 e. The van der Waals surface area contributed by atoms with E-state index in [1.807, 2.05) is 0 Å². The molecule has 0 heterocycles. The summed E-state index contributed by atoms with van der Waals surface area (Å²) in [5.74, 6) is -9.71. The molecule has 3 aliphatic carbocycles. The fourth-order valence-electron chi connectivity index (χ4n) is 6.35. The molecule has 9 heteroatoms. The lowest BCUT2D eigenvalue weighted by Gasteiger charge is -2.52. The topological polar surface area (TPSA) is 155 Å². The number of hydrogen-bond donors (Lipinski definition) is 3. The number of Topliss-reactive ketones (excluding diaryl/α,β-unsaturated/α-hetero) is 4. The number of phenolic OH excluding ortho intramolecular Hbond substituents is 1. The minimum atomic E-state index is -2.69. The first kappa shape index (κ1) is 25.2. The van der Waals surface area contributed by atoms with Crippen molar-refractivity contribution in [2.45, 2.75) is 51.2 Å². The first-order chi connectivity index (χ1) is 16.3. The Balaban J connectivity index is 1.83. The number of amides is 1. The molecule has 2 fully saturated rings. The number of fused-ring (bicyclic) bond motifs is 3. The van der Waals surface area contributed by atoms with Gasteiger partial charge in [0.1, 0.15) is 5.75 Å². The van der Waals surface area contributed by atoms with Crippen molar-refractivity contribution in [1.29, 1.82) is 0 Å². The standard InChI is InChI=1S/C26H32N2O7/c1-11(2)5-6-12-7-8-16(29)18-14(12)9-13-10-15-20(28(3)4)22(31)19(25(27)34)24(33)26(15,35)23(32)17(13)21(18)30/h7-8,11,13,15,17,19-20,29,35H,5-6,9-10H2,1-4H3,(H2,27,34). The zero-order valence-electron chi connectivity index (χ0n) is 20.4. The molecule has 0 spiro atoms. The fraction of sp³-hybridized carbons (Fsp3) is 0.577. The summed E-state index contributed by atoms with van der Waals surface area (Å²) in [5, 5.41) is 22.1. The van der Waals surface area contributed by atoms with Crippen molar-refractivity contribution in [1.82, 2.24) is 4.90 Å². The summed E-state index contributed by atoms with van der Waals surface area (Å²) < 4.78 is 0. The van der Waals surface area contributed by atoms with Gasteiger partial charge < -0.3 is 15.9 Å². The average molecular weight is 485 g/mol. The largest absolute Gasteiger partial charge is 0.507 e. The van der Waals surface area contributed by atoms with Crippen LogP contribution < -0.4 is 5.73 Å². The number of primary amides is 1. The molecule has 0 aromatic heterocycles. The molecule has 6 unspecified atom stereocenters. The van der Waals surface area contributed by atoms with Gasteiger partial charge in [0.25, 0.3) is 0 Å². The van der Waals surface area contributed by atoms with Crippen LogP contribution in [0.2, 0.25) is 0 Å². The van der Waals surface area contributed by atoms with Gasteiger partial charge in [-0.05, 0) is 68.8 Å². The highest BCUT2D eigenvalue weighted by Gasteiger charge is 2.69. The highest BCUT2D eigenvalue weighted by atomic mass is 16.3. The highest BCUT2D eigenvalue weighted by Crippen LogP contribution is 2.51. The van der Waals surface area contributed by atoms with Gasteiger partial charge in [0, 0.05) is 5.92 Å². The molecule has 3 aliphatic rings. The first-order valence-corrected chi connectivity index (χ1v) is 12.0. The van der Waals surface area contributed by atoms with Crippen LogP contribution in [0, 0.1) is 29.6 Å². The summed E-state index contributed by atoms with van der Waals surface area (Å²) in [5.41, 5.74) is 4.28. The van der Waals surface area contributed by atoms with Crippen molar-refractivity contribution in [3.63, 3.8) is 0 Å². The van der Waals surface area contributed by atoms with Crippen LogP contribution in [0.3, 0.4) is 0 Å². The molecule has 35 heavy (non-hydrogen) atoms. The Morgan fingerprint density at radius 3 is 2.40 bits per heavy atom. The number of nitrogens with two attached hydrogens (primary N) is 1. The Kier molecular flexibility index (Phi) is 6.22. The first-order valence-electron chi connectivity index (χ1n) is 12.0. The van der Waals surface area contributed by atoms with E-state index in [9.17, 15) is 34.2 Å². The number of carbonyl (C=O) groups is 5. The van der Waals surface area contributed by atoms with E-state index in [2.05, 4.69) is 13.8 Å². The number of carbonyl (C=O) groups excluding carboxylic acids is 5. The minimum absolute atomic E-state index is 0.0536. The van der Waals surface area contributed by atoms with E-state index in [-0.39, 0.29) is 17.7 Å². The maximum absolute atomic E-state index is 13.7. The van der Waals surface area contributed by atoms with Crippen molar-refractivity contribution in [2.75, 3.05) is 14.1 Å². The van der Waals surface area contributed by atoms with Crippen LogP contribution in [-0.4, -0.2) is 69.9 Å². The zero-order valence-corrected chi connectivity index (χ0v) is 20.4. The molecule has 9 nitrogen and oxygen atoms in total. The van der Waals surface area contributed by atoms with E-state index >= 15 is 0 Å². The van der Waals surface area contributed by atoms with Gasteiger partial charge in [-0.15, -0.1) is 0 Å². The summed E-state index contributed by atoms with van der Waals surface area (Å²) >= 11 is 0. The third-order valence-electron chi connectivity index (χ3n) is 8.03. The Hall–Kier alpha value is -2.91. The number of benzene rings is 1. The van der Waals surface area contributed by atoms with Crippen molar-refractivity contribution >= 4 is 29.0 Å². The van der Waals surface area contributed by atoms with E-state index < -0.39 is 64.4 Å². The Morgan fingerprint density at radius 2 is 1.83 bits per heavy atom. The monoisotopic (exact) mass is 484 g/mol. The van der Waals surface area contributed by atoms with Crippen LogP contribution in [0.4, 0.5) is 0 Å². The van der Waals surface area contributed by atoms with Crippen molar-refractivity contribution < 1.29 is 34.2 Å². The summed E-state index contributed by atoms with van der Waals surface area (Å²) in [7, 11) is 3.13. The van der Waals surface area contributed by atoms with Crippen LogP contribution in [0.5, 0.6) is 5.75 Å². The normalized spacial score (nSPS) is 32.5. The molecule has 0 radical (unpaired) electrons. The SMILES string of the molecule is CC(C)CCc1ccc(O)c2c1CC1CC3C(N(C)C)C(=O)C(C(N)=O)C(=O)C3(O)C(=O)C1C2=O. The molecule has 188 valence electrons. The number of likely N-dealkylation sites (N-methyl/N-ethyl adjacent to an activating group) is 1. The Labute approximate surface area is 203 Å². The summed E-state index contributed by atoms with van der Waals surface area (Å²) in [6.07, 6.45) is 1.93. The van der Waals surface area contributed by atoms with Gasteiger partial charge in [0.15, 0.2) is 34.7 Å². The summed E-state index contributed by atoms with van der Waals surface area (Å²) in [6, 6.07) is 2.13. The molecule has 0 saturated heterocycles. The second-order valence-electron chi connectivity index (χ2n) is 10.8. The fourth-order valence-corrected chi connectivity index (χ4v) is 6.35. The van der Waals surface area contributed by atoms with Crippen LogP contribution in [0.25, 0.3) is 0 Å². The number of rotatable bonds is 5. The van der Waals surface area contributed by atoms with E-state index in [1.165, 1.54) is 11.0 Å². The number of aliphatic hydroxyl groups is 1. The predicted octanol–water partition coefficient (Wildman–Crippen LogP) is 0.456. The van der Waals surface area contributed by atoms with Crippen molar-refractivity contribution in [3.8, 4) is 5.75 Å². The molecule has 1 aromatic rings. The van der Waals surface area contributed by atoms with E-state index in [4.69, 9.17) is 5.73 Å². The average Bonchev–Trinajstić information content (AvgIpc) is 2.75. The number of aromatic hydroxyl groups is 1. The van der Waals surface area contributed by atoms with Gasteiger partial charge in [-0.3, -0.25) is 28.9 Å². The van der Waals surface area contributed by atoms with E-state index in [0.717, 1.165) is 12.0 Å². The van der Waals surface area contributed by atoms with Crippen LogP contribution in [0.1, 0.15) is 48.2 Å². The van der Waals surface area contributed by atoms with Gasteiger partial charge in [-0.1, -0.05) is 19.9 Å². The minimum Gasteiger partial charge on any atom is -0.507 e. The summed E-state index contributed by atoms with van der Waals surface area (Å²) in [6.45, 7) is 4.18. The van der Waals surface area contributed by atoms with E-state index in [0.29, 0.717) is 24.3 Å². The quantitative estimate of drug-likeness (QED) is 0.509. The van der Waals surface area contributed by atoms with Gasteiger partial charge in [0.2, 0.25) is 5.91 Å². The zero-order chi connectivity index (χ0) is 26.0. The molecule has 2 saturated carbocycles. The number of hydrogen-bond acceptors (Lipinski definition) is 8. The summed E-state index contributed by atoms with van der Waals surface area (Å²) in [4.78, 5) is 67.2. The van der Waals surface area contributed by atoms with Crippen LogP contribution in [-0.2, 0) is 32.0 Å². The van der Waals surface area contributed by atoms with Gasteiger partial charge in [-0.2, -0.15) is 0 Å². The molecule has 6 atom stereocenters. The molecular weight excluding hydrogens is 452 g/mol. The van der Waals surface area contributed by atoms with Crippen LogP contribution >= 0.6 is 0 Å². The lowest BCUT2D eigenvalue weighted by atomic mass is 9.52. The number of phenols is 1. The third-order valence-corrected chi connectivity index (χ3v) is 8.03. The van der Waals surface area contributed by atoms with Gasteiger partial charge in [-0.25, -0.2) is 0 Å². The lowest BCUT2D eigenvalue weighted by Crippen LogP contribution is -2.74. The molecule has 1 amide bonds. The molecule has 1 aromatic carbocycles. The number of aryl methyl sites for hydroxylation is 1. The highest BCUT2D eigenvalue weighted by molar-refractivity contribution is 6.32. The lowest BCUT2D eigenvalue weighted by molar-refractivity contribution is -0.181. The molecular formula is C26H32N2O7. The number of nitrogens with zero attached hydrogens (tertiary/aromatic N) is 1. The third kappa shape index (κ3) is 3.63. The Morgan fingerprint density at radius 1 is 1.17 bits per heavy atom. The maximum Gasteiger partial charge on any atom is 0.235 e. The molecule has 0 aliphatic heterocycles. The molecule has 0 bridgehead atoms. The second kappa shape index (κ2) is 8.64. The van der Waals surface area contributed by atoms with E-state index in [1.54, 1.807) is 20.2 Å². The van der Waals surface area contributed by atoms with Crippen molar-refractivity contribution in [2.24, 2.45) is 35.3 Å². The molecule has 4 N–H and O–H groups in total. The van der Waals surface area contributed by atoms with Crippen molar-refractivity contribution in [3.05, 3.63) is 28.8 Å². The van der Waals surface area contributed by atoms with Gasteiger partial charge in [0.05, 0.1) is 17.5 Å². The van der Waals surface area contributed by atoms with Crippen LogP contribution in [0.15, 0.2) is 12.1 Å². The molecule has 4 rings (SSSR count). The maximum atomic E-state index is 13.7. The Bertz CT molecular complexity index is 1140. The van der Waals surface area contributed by atoms with Gasteiger partial charge >= 0.3 is 0 Å². The number of ketones is 4.